The van der Waals surface area contributed by atoms with Gasteiger partial charge in [-0.3, -0.25) is 9.69 Å². The molecule has 0 amide bonds. The van der Waals surface area contributed by atoms with Crippen LogP contribution in [0.3, 0.4) is 0 Å². The molecular formula is C12H15Cl2NO2. The molecule has 0 spiro atoms. The Balaban J connectivity index is 0.00000144. The van der Waals surface area contributed by atoms with Crippen molar-refractivity contribution in [3.63, 3.8) is 0 Å². The minimum atomic E-state index is -0.788. The molecule has 0 bridgehead atoms. The molecule has 5 heteroatoms. The molecule has 1 unspecified atom stereocenters. The summed E-state index contributed by atoms with van der Waals surface area (Å²) in [4.78, 5) is 13.3. The van der Waals surface area contributed by atoms with Gasteiger partial charge in [0.05, 0.1) is 0 Å². The highest BCUT2D eigenvalue weighted by molar-refractivity contribution is 6.30. The number of benzene rings is 1. The van der Waals surface area contributed by atoms with E-state index in [0.717, 1.165) is 31.5 Å². The number of halogens is 2. The van der Waals surface area contributed by atoms with Crippen molar-refractivity contribution in [3.8, 4) is 0 Å². The minimum absolute atomic E-state index is 0. The lowest BCUT2D eigenvalue weighted by molar-refractivity contribution is -0.143. The molecule has 1 aliphatic heterocycles. The van der Waals surface area contributed by atoms with Gasteiger partial charge in [-0.25, -0.2) is 0 Å². The third kappa shape index (κ3) is 3.35. The first-order valence-electron chi connectivity index (χ1n) is 5.41. The maximum Gasteiger partial charge on any atom is 0.325 e. The number of carboxylic acids is 1. The number of carboxylic acid groups (broad SMARTS) is 1. The van der Waals surface area contributed by atoms with E-state index in [9.17, 15) is 9.90 Å². The molecule has 17 heavy (non-hydrogen) atoms. The average molecular weight is 276 g/mol. The van der Waals surface area contributed by atoms with E-state index in [1.807, 2.05) is 4.90 Å². The fourth-order valence-electron chi connectivity index (χ4n) is 2.15. The zero-order valence-electron chi connectivity index (χ0n) is 9.30. The lowest BCUT2D eigenvalue weighted by atomic mass is 10.1. The zero-order valence-corrected chi connectivity index (χ0v) is 10.9. The molecule has 1 N–H and O–H groups in total. The number of aliphatic carboxylic acids is 1. The number of hydrogen-bond acceptors (Lipinski definition) is 2. The maximum atomic E-state index is 11.3. The lowest BCUT2D eigenvalue weighted by Crippen LogP contribution is -2.31. The zero-order chi connectivity index (χ0) is 11.5. The Hall–Kier alpha value is -0.770. The van der Waals surface area contributed by atoms with Crippen LogP contribution in [0.4, 0.5) is 0 Å². The molecule has 1 atom stereocenters. The second-order valence-electron chi connectivity index (χ2n) is 4.04. The number of carbonyl (C=O) groups is 1. The van der Waals surface area contributed by atoms with Gasteiger partial charge in [-0.05, 0) is 43.6 Å². The number of nitrogens with zero attached hydrogens (tertiary/aromatic N) is 1. The van der Waals surface area contributed by atoms with Crippen molar-refractivity contribution < 1.29 is 9.90 Å². The van der Waals surface area contributed by atoms with E-state index in [4.69, 9.17) is 11.6 Å². The van der Waals surface area contributed by atoms with Gasteiger partial charge >= 0.3 is 5.97 Å². The molecule has 2 rings (SSSR count). The van der Waals surface area contributed by atoms with E-state index in [2.05, 4.69) is 0 Å². The van der Waals surface area contributed by atoms with Gasteiger partial charge in [-0.1, -0.05) is 23.7 Å². The molecular weight excluding hydrogens is 261 g/mol. The van der Waals surface area contributed by atoms with Gasteiger partial charge in [-0.15, -0.1) is 12.4 Å². The molecule has 0 saturated carbocycles. The molecule has 1 heterocycles. The van der Waals surface area contributed by atoms with Crippen LogP contribution in [0.5, 0.6) is 0 Å². The van der Waals surface area contributed by atoms with Crippen LogP contribution in [0.1, 0.15) is 24.4 Å². The molecule has 94 valence electrons. The molecule has 1 saturated heterocycles. The maximum absolute atomic E-state index is 11.3. The molecule has 0 radical (unpaired) electrons. The van der Waals surface area contributed by atoms with Crippen LogP contribution in [0.15, 0.2) is 24.3 Å². The van der Waals surface area contributed by atoms with E-state index in [1.165, 1.54) is 0 Å². The van der Waals surface area contributed by atoms with Crippen LogP contribution >= 0.6 is 24.0 Å². The average Bonchev–Trinajstić information content (AvgIpc) is 2.74. The van der Waals surface area contributed by atoms with E-state index in [0.29, 0.717) is 5.02 Å². The summed E-state index contributed by atoms with van der Waals surface area (Å²) >= 11 is 5.79. The van der Waals surface area contributed by atoms with Gasteiger partial charge in [0, 0.05) is 5.02 Å². The van der Waals surface area contributed by atoms with Crippen molar-refractivity contribution in [3.05, 3.63) is 34.9 Å². The predicted octanol–water partition coefficient (Wildman–Crippen LogP) is 2.98. The Morgan fingerprint density at radius 3 is 2.24 bits per heavy atom. The lowest BCUT2D eigenvalue weighted by Gasteiger charge is -2.23. The standard InChI is InChI=1S/C12H14ClNO2.ClH/c13-10-5-3-9(4-6-10)11(12(15)16)14-7-1-2-8-14;/h3-6,11H,1-2,7-8H2,(H,15,16);1H. The van der Waals surface area contributed by atoms with Crippen LogP contribution in [-0.4, -0.2) is 29.1 Å². The van der Waals surface area contributed by atoms with Gasteiger partial charge in [-0.2, -0.15) is 0 Å². The Morgan fingerprint density at radius 1 is 1.24 bits per heavy atom. The van der Waals surface area contributed by atoms with E-state index < -0.39 is 12.0 Å². The summed E-state index contributed by atoms with van der Waals surface area (Å²) in [6, 6.07) is 6.53. The van der Waals surface area contributed by atoms with Crippen LogP contribution in [0.2, 0.25) is 5.02 Å². The largest absolute Gasteiger partial charge is 0.480 e. The first-order valence-corrected chi connectivity index (χ1v) is 5.78. The van der Waals surface area contributed by atoms with Crippen molar-refractivity contribution >= 4 is 30.0 Å². The Labute approximate surface area is 112 Å². The number of rotatable bonds is 3. The van der Waals surface area contributed by atoms with Crippen molar-refractivity contribution in [2.75, 3.05) is 13.1 Å². The van der Waals surface area contributed by atoms with Gasteiger partial charge in [0.2, 0.25) is 0 Å². The van der Waals surface area contributed by atoms with Gasteiger partial charge in [0.25, 0.3) is 0 Å². The van der Waals surface area contributed by atoms with Crippen molar-refractivity contribution in [2.45, 2.75) is 18.9 Å². The number of hydrogen-bond donors (Lipinski definition) is 1. The highest BCUT2D eigenvalue weighted by Crippen LogP contribution is 2.26. The van der Waals surface area contributed by atoms with Crippen molar-refractivity contribution in [1.29, 1.82) is 0 Å². The second kappa shape index (κ2) is 6.24. The third-order valence-corrected chi connectivity index (χ3v) is 3.18. The van der Waals surface area contributed by atoms with Gasteiger partial charge in [0.15, 0.2) is 0 Å². The van der Waals surface area contributed by atoms with E-state index in [-0.39, 0.29) is 12.4 Å². The van der Waals surface area contributed by atoms with Crippen LogP contribution < -0.4 is 0 Å². The Morgan fingerprint density at radius 2 is 1.76 bits per heavy atom. The van der Waals surface area contributed by atoms with E-state index in [1.54, 1.807) is 24.3 Å². The SMILES string of the molecule is Cl.O=C(O)C(c1ccc(Cl)cc1)N1CCCC1. The molecule has 0 aromatic heterocycles. The molecule has 0 aliphatic carbocycles. The highest BCUT2D eigenvalue weighted by Gasteiger charge is 2.29. The van der Waals surface area contributed by atoms with Crippen molar-refractivity contribution in [2.24, 2.45) is 0 Å². The topological polar surface area (TPSA) is 40.5 Å². The summed E-state index contributed by atoms with van der Waals surface area (Å²) in [5.74, 6) is -0.788. The summed E-state index contributed by atoms with van der Waals surface area (Å²) in [5, 5.41) is 9.92. The van der Waals surface area contributed by atoms with E-state index >= 15 is 0 Å². The Bertz CT molecular complexity index is 375. The molecule has 1 fully saturated rings. The highest BCUT2D eigenvalue weighted by atomic mass is 35.5. The summed E-state index contributed by atoms with van der Waals surface area (Å²) in [5.41, 5.74) is 0.804. The van der Waals surface area contributed by atoms with Gasteiger partial charge in [0.1, 0.15) is 6.04 Å². The fourth-order valence-corrected chi connectivity index (χ4v) is 2.28. The predicted molar refractivity (Wildman–Crippen MR) is 69.9 cm³/mol. The fraction of sp³-hybridized carbons (Fsp3) is 0.417. The monoisotopic (exact) mass is 275 g/mol. The van der Waals surface area contributed by atoms with Crippen LogP contribution in [0.25, 0.3) is 0 Å². The number of likely N-dealkylation sites (tertiary alicyclic amines) is 1. The summed E-state index contributed by atoms with van der Waals surface area (Å²) in [6.45, 7) is 1.72. The first-order chi connectivity index (χ1) is 7.68. The minimum Gasteiger partial charge on any atom is -0.480 e. The quantitative estimate of drug-likeness (QED) is 0.922. The molecule has 1 aromatic rings. The van der Waals surface area contributed by atoms with Gasteiger partial charge < -0.3 is 5.11 Å². The molecule has 3 nitrogen and oxygen atoms in total. The smallest absolute Gasteiger partial charge is 0.325 e. The molecule has 1 aliphatic rings. The first kappa shape index (κ1) is 14.3. The summed E-state index contributed by atoms with van der Waals surface area (Å²) in [7, 11) is 0. The second-order valence-corrected chi connectivity index (χ2v) is 4.47. The summed E-state index contributed by atoms with van der Waals surface area (Å²) < 4.78 is 0. The summed E-state index contributed by atoms with van der Waals surface area (Å²) in [6.07, 6.45) is 2.16. The van der Waals surface area contributed by atoms with Crippen molar-refractivity contribution in [1.82, 2.24) is 4.90 Å². The van der Waals surface area contributed by atoms with Crippen LogP contribution in [-0.2, 0) is 4.79 Å². The normalized spacial score (nSPS) is 17.5. The third-order valence-electron chi connectivity index (χ3n) is 2.93. The van der Waals surface area contributed by atoms with Crippen LogP contribution in [0, 0.1) is 0 Å². The molecule has 1 aromatic carbocycles. The Kier molecular flexibility index (Phi) is 5.25.